The number of carboxylic acid groups (broad SMARTS) is 1. The molecule has 0 aromatic heterocycles. The highest BCUT2D eigenvalue weighted by Crippen LogP contribution is 2.26. The number of amides is 3. The van der Waals surface area contributed by atoms with Crippen LogP contribution in [0.5, 0.6) is 0 Å². The van der Waals surface area contributed by atoms with Gasteiger partial charge in [-0.1, -0.05) is 91.0 Å². The van der Waals surface area contributed by atoms with Crippen molar-refractivity contribution in [1.29, 1.82) is 5.41 Å². The Hall–Kier alpha value is -5.97. The predicted octanol–water partition coefficient (Wildman–Crippen LogP) is 4.71. The number of nitrogens with one attached hydrogen (secondary N) is 4. The van der Waals surface area contributed by atoms with Gasteiger partial charge in [0.2, 0.25) is 5.91 Å². The summed E-state index contributed by atoms with van der Waals surface area (Å²) < 4.78 is 5.17. The number of nitrogens with zero attached hydrogens (tertiary/aromatic N) is 1. The van der Waals surface area contributed by atoms with E-state index in [-0.39, 0.29) is 37.3 Å². The first-order valence-electron chi connectivity index (χ1n) is 15.1. The van der Waals surface area contributed by atoms with E-state index < -0.39 is 24.5 Å². The van der Waals surface area contributed by atoms with E-state index in [0.717, 1.165) is 22.3 Å². The van der Waals surface area contributed by atoms with Gasteiger partial charge >= 0.3 is 12.1 Å². The maximum atomic E-state index is 13.3. The van der Waals surface area contributed by atoms with Crippen molar-refractivity contribution in [3.63, 3.8) is 0 Å². The highest BCUT2D eigenvalue weighted by atomic mass is 16.5. The summed E-state index contributed by atoms with van der Waals surface area (Å²) in [6.45, 7) is 1.01. The summed E-state index contributed by atoms with van der Waals surface area (Å²) in [5.74, 6) is -1.87. The van der Waals surface area contributed by atoms with Gasteiger partial charge in [-0.15, -0.1) is 0 Å². The van der Waals surface area contributed by atoms with E-state index in [0.29, 0.717) is 29.8 Å². The monoisotopic (exact) mass is 633 g/mol. The molecule has 0 unspecified atom stereocenters. The minimum absolute atomic E-state index is 0.0904. The molecule has 5 N–H and O–H groups in total. The average molecular weight is 634 g/mol. The Kier molecular flexibility index (Phi) is 10.6. The lowest BCUT2D eigenvalue weighted by atomic mass is 10.1. The topological polar surface area (TPSA) is 161 Å². The molecule has 1 heterocycles. The summed E-state index contributed by atoms with van der Waals surface area (Å²) in [6, 6.07) is 29.9. The molecule has 0 saturated carbocycles. The maximum absolute atomic E-state index is 13.3. The third kappa shape index (κ3) is 9.04. The van der Waals surface area contributed by atoms with E-state index in [9.17, 15) is 24.3 Å². The molecule has 0 saturated heterocycles. The van der Waals surface area contributed by atoms with Crippen LogP contribution in [0, 0.1) is 5.41 Å². The number of benzene rings is 4. The number of hydrogen-bond acceptors (Lipinski definition) is 7. The van der Waals surface area contributed by atoms with Crippen molar-refractivity contribution in [2.45, 2.75) is 38.6 Å². The van der Waals surface area contributed by atoms with Gasteiger partial charge in [0, 0.05) is 36.4 Å². The van der Waals surface area contributed by atoms with Gasteiger partial charge in [0.15, 0.2) is 0 Å². The second kappa shape index (κ2) is 15.3. The summed E-state index contributed by atoms with van der Waals surface area (Å²) in [6.07, 6.45) is -0.500. The number of fused-ring (bicyclic) bond motifs is 1. The Morgan fingerprint density at radius 2 is 1.53 bits per heavy atom. The Balaban J connectivity index is 1.17. The number of rotatable bonds is 11. The van der Waals surface area contributed by atoms with Crippen molar-refractivity contribution < 1.29 is 29.0 Å². The van der Waals surface area contributed by atoms with Crippen LogP contribution in [-0.2, 0) is 40.4 Å². The molecule has 4 aromatic rings. The number of aliphatic carboxylic acids is 1. The lowest BCUT2D eigenvalue weighted by Gasteiger charge is -2.24. The van der Waals surface area contributed by atoms with Gasteiger partial charge in [-0.3, -0.25) is 25.1 Å². The van der Waals surface area contributed by atoms with Gasteiger partial charge in [0.25, 0.3) is 5.91 Å². The van der Waals surface area contributed by atoms with Gasteiger partial charge in [-0.2, -0.15) is 0 Å². The van der Waals surface area contributed by atoms with Crippen molar-refractivity contribution in [3.8, 4) is 0 Å². The molecule has 240 valence electrons. The highest BCUT2D eigenvalue weighted by Gasteiger charge is 2.31. The van der Waals surface area contributed by atoms with Crippen LogP contribution in [0.1, 0.15) is 44.6 Å². The highest BCUT2D eigenvalue weighted by molar-refractivity contribution is 6.04. The zero-order valence-corrected chi connectivity index (χ0v) is 25.6. The standard InChI is InChI=1S/C36H35N5O6/c37-33(40-36(46)47-23-26-9-5-2-6-10-26)27-13-11-25(12-14-27)21-38-34(44)28-15-16-29-22-41(18-17-24-7-3-1-4-8-24)35(45)31(20-32(42)43)39-30(29)19-28/h1-16,19,31,39H,17-18,20-23H2,(H,38,44)(H,42,43)(H2,37,40,46)/t31-/m0/s1. The molecule has 1 aliphatic rings. The summed E-state index contributed by atoms with van der Waals surface area (Å²) in [7, 11) is 0. The fraction of sp³-hybridized carbons (Fsp3) is 0.194. The molecular formula is C36H35N5O6. The molecule has 0 fully saturated rings. The van der Waals surface area contributed by atoms with Crippen LogP contribution in [0.15, 0.2) is 103 Å². The van der Waals surface area contributed by atoms with Crippen LogP contribution in [0.2, 0.25) is 0 Å². The molecule has 0 bridgehead atoms. The number of alkyl carbamates (subject to hydrolysis) is 1. The number of carbonyl (C=O) groups is 4. The van der Waals surface area contributed by atoms with Crippen molar-refractivity contribution in [3.05, 3.63) is 137 Å². The molecule has 0 spiro atoms. The van der Waals surface area contributed by atoms with Gasteiger partial charge in [0.05, 0.1) is 6.42 Å². The maximum Gasteiger partial charge on any atom is 0.413 e. The number of ether oxygens (including phenoxy) is 1. The van der Waals surface area contributed by atoms with Gasteiger partial charge < -0.3 is 25.4 Å². The number of anilines is 1. The van der Waals surface area contributed by atoms with Gasteiger partial charge in [-0.25, -0.2) is 4.79 Å². The van der Waals surface area contributed by atoms with Crippen molar-refractivity contribution in [2.24, 2.45) is 0 Å². The molecule has 47 heavy (non-hydrogen) atoms. The normalized spacial score (nSPS) is 13.8. The lowest BCUT2D eigenvalue weighted by molar-refractivity contribution is -0.141. The van der Waals surface area contributed by atoms with Crippen LogP contribution in [0.3, 0.4) is 0 Å². The zero-order chi connectivity index (χ0) is 33.2. The van der Waals surface area contributed by atoms with Crippen LogP contribution >= 0.6 is 0 Å². The molecule has 3 amide bonds. The van der Waals surface area contributed by atoms with Crippen LogP contribution in [-0.4, -0.2) is 52.3 Å². The Labute approximate surface area is 272 Å². The number of amidine groups is 1. The summed E-state index contributed by atoms with van der Waals surface area (Å²) in [4.78, 5) is 51.8. The fourth-order valence-electron chi connectivity index (χ4n) is 5.16. The summed E-state index contributed by atoms with van der Waals surface area (Å²) in [5, 5.41) is 26.0. The van der Waals surface area contributed by atoms with E-state index in [4.69, 9.17) is 10.1 Å². The number of hydrogen-bond donors (Lipinski definition) is 5. The van der Waals surface area contributed by atoms with E-state index in [2.05, 4.69) is 16.0 Å². The first-order chi connectivity index (χ1) is 22.7. The Morgan fingerprint density at radius 1 is 0.872 bits per heavy atom. The second-order valence-corrected chi connectivity index (χ2v) is 11.1. The molecule has 1 atom stereocenters. The molecule has 0 radical (unpaired) electrons. The molecule has 11 heteroatoms. The van der Waals surface area contributed by atoms with Crippen molar-refractivity contribution in [2.75, 3.05) is 11.9 Å². The summed E-state index contributed by atoms with van der Waals surface area (Å²) >= 11 is 0. The SMILES string of the molecule is N=C(NC(=O)OCc1ccccc1)c1ccc(CNC(=O)c2ccc3c(c2)N[C@@H](CC(=O)O)C(=O)N(CCc2ccccc2)C3)cc1. The molecule has 1 aliphatic heterocycles. The quantitative estimate of drug-likeness (QED) is 0.118. The molecule has 0 aliphatic carbocycles. The zero-order valence-electron chi connectivity index (χ0n) is 25.6. The molecule has 11 nitrogen and oxygen atoms in total. The minimum atomic E-state index is -1.10. The van der Waals surface area contributed by atoms with E-state index in [1.54, 1.807) is 47.4 Å². The minimum Gasteiger partial charge on any atom is -0.481 e. The van der Waals surface area contributed by atoms with Crippen LogP contribution < -0.4 is 16.0 Å². The predicted molar refractivity (Wildman–Crippen MR) is 176 cm³/mol. The van der Waals surface area contributed by atoms with E-state index in [1.165, 1.54) is 0 Å². The Morgan fingerprint density at radius 3 is 2.21 bits per heavy atom. The van der Waals surface area contributed by atoms with Crippen molar-refractivity contribution in [1.82, 2.24) is 15.5 Å². The van der Waals surface area contributed by atoms with Gasteiger partial charge in [-0.05, 0) is 40.8 Å². The number of carboxylic acids is 1. The Bertz CT molecular complexity index is 1750. The first kappa shape index (κ1) is 32.4. The lowest BCUT2D eigenvalue weighted by Crippen LogP contribution is -2.42. The van der Waals surface area contributed by atoms with Crippen molar-refractivity contribution >= 4 is 35.4 Å². The van der Waals surface area contributed by atoms with E-state index >= 15 is 0 Å². The fourth-order valence-corrected chi connectivity index (χ4v) is 5.16. The molecule has 4 aromatic carbocycles. The largest absolute Gasteiger partial charge is 0.481 e. The average Bonchev–Trinajstić information content (AvgIpc) is 3.21. The van der Waals surface area contributed by atoms with Crippen LogP contribution in [0.4, 0.5) is 10.5 Å². The van der Waals surface area contributed by atoms with Gasteiger partial charge in [0.1, 0.15) is 18.5 Å². The summed E-state index contributed by atoms with van der Waals surface area (Å²) in [5.41, 5.74) is 4.83. The number of carbonyl (C=O) groups excluding carboxylic acids is 3. The smallest absolute Gasteiger partial charge is 0.413 e. The first-order valence-corrected chi connectivity index (χ1v) is 15.1. The molecule has 5 rings (SSSR count). The second-order valence-electron chi connectivity index (χ2n) is 11.1. The van der Waals surface area contributed by atoms with E-state index in [1.807, 2.05) is 60.7 Å². The molecular weight excluding hydrogens is 598 g/mol. The third-order valence-corrected chi connectivity index (χ3v) is 7.70. The van der Waals surface area contributed by atoms with Crippen LogP contribution in [0.25, 0.3) is 0 Å². The third-order valence-electron chi connectivity index (χ3n) is 7.70.